The maximum Gasteiger partial charge on any atom is 0.415 e. The largest absolute Gasteiger partial charge is 0.497 e. The normalized spacial score (nSPS) is 19.5. The number of carboxylic acid groups (broad SMARTS) is 1. The zero-order valence-electron chi connectivity index (χ0n) is 23.0. The lowest BCUT2D eigenvalue weighted by Crippen LogP contribution is -2.36. The van der Waals surface area contributed by atoms with Crippen LogP contribution in [0.1, 0.15) is 35.2 Å². The Kier molecular flexibility index (Phi) is 8.35. The van der Waals surface area contributed by atoms with Gasteiger partial charge in [0.05, 0.1) is 24.9 Å². The first-order valence-electron chi connectivity index (χ1n) is 13.7. The Hall–Kier alpha value is -4.63. The molecule has 41 heavy (non-hydrogen) atoms. The predicted molar refractivity (Wildman–Crippen MR) is 158 cm³/mol. The molecule has 9 nitrogen and oxygen atoms in total. The van der Waals surface area contributed by atoms with Gasteiger partial charge in [-0.1, -0.05) is 18.2 Å². The fourth-order valence-corrected chi connectivity index (χ4v) is 5.33. The third-order valence-electron chi connectivity index (χ3n) is 7.67. The van der Waals surface area contributed by atoms with E-state index in [9.17, 15) is 14.7 Å². The van der Waals surface area contributed by atoms with Gasteiger partial charge in [-0.05, 0) is 80.1 Å². The second-order valence-electron chi connectivity index (χ2n) is 10.4. The molecular weight excluding hydrogens is 520 g/mol. The van der Waals surface area contributed by atoms with E-state index in [1.807, 2.05) is 60.8 Å². The Bertz CT molecular complexity index is 1420. The van der Waals surface area contributed by atoms with Crippen LogP contribution in [0.2, 0.25) is 0 Å². The molecule has 1 spiro atoms. The Morgan fingerprint density at radius 2 is 1.73 bits per heavy atom. The van der Waals surface area contributed by atoms with E-state index in [4.69, 9.17) is 14.9 Å². The fraction of sp³-hybridized carbons (Fsp3) is 0.281. The summed E-state index contributed by atoms with van der Waals surface area (Å²) in [7, 11) is 1.62. The van der Waals surface area contributed by atoms with Gasteiger partial charge in [0.2, 0.25) is 0 Å². The van der Waals surface area contributed by atoms with Gasteiger partial charge in [0, 0.05) is 48.2 Å². The van der Waals surface area contributed by atoms with Crippen LogP contribution < -0.4 is 15.0 Å². The number of hydrogen-bond acceptors (Lipinski definition) is 7. The van der Waals surface area contributed by atoms with Crippen molar-refractivity contribution in [3.63, 3.8) is 0 Å². The summed E-state index contributed by atoms with van der Waals surface area (Å²) in [6, 6.07) is 23.7. The minimum absolute atomic E-state index is 0.173. The van der Waals surface area contributed by atoms with Crippen LogP contribution in [0.4, 0.5) is 16.2 Å². The second-order valence-corrected chi connectivity index (χ2v) is 10.4. The summed E-state index contributed by atoms with van der Waals surface area (Å²) in [6.07, 6.45) is 3.73. The molecule has 5 rings (SSSR count). The molecule has 0 aromatic heterocycles. The number of hydrogen-bond donors (Lipinski definition) is 3. The maximum absolute atomic E-state index is 12.9. The summed E-state index contributed by atoms with van der Waals surface area (Å²) in [4.78, 5) is 28.0. The highest BCUT2D eigenvalue weighted by molar-refractivity contribution is 6.11. The van der Waals surface area contributed by atoms with Crippen LogP contribution >= 0.6 is 0 Å². The molecule has 9 heteroatoms. The van der Waals surface area contributed by atoms with E-state index in [1.165, 1.54) is 12.1 Å². The number of carboxylic acids is 1. The van der Waals surface area contributed by atoms with E-state index >= 15 is 0 Å². The number of carbonyl (C=O) groups is 2. The Balaban J connectivity index is 1.29. The summed E-state index contributed by atoms with van der Waals surface area (Å²) in [5, 5.41) is 21.5. The Labute approximate surface area is 239 Å². The van der Waals surface area contributed by atoms with Crippen LogP contribution in [0.15, 0.2) is 90.6 Å². The van der Waals surface area contributed by atoms with Crippen LogP contribution in [0, 0.1) is 5.41 Å². The van der Waals surface area contributed by atoms with Gasteiger partial charge < -0.3 is 19.9 Å². The number of amides is 1. The first-order valence-corrected chi connectivity index (χ1v) is 13.7. The molecule has 2 aliphatic rings. The molecule has 3 aromatic carbocycles. The highest BCUT2D eigenvalue weighted by Crippen LogP contribution is 2.36. The van der Waals surface area contributed by atoms with Crippen molar-refractivity contribution in [1.82, 2.24) is 4.90 Å². The van der Waals surface area contributed by atoms with Crippen molar-refractivity contribution in [2.45, 2.75) is 24.9 Å². The standard InChI is InChI=1S/C32H34N4O5/c1-40-28-14-10-23(11-15-28)29(33)25(20-34-26-6-3-2-4-7-26)21-35-18-5-16-32(17-19-35)22-36(31(39)41-32)27-12-8-24(9-13-27)30(37)38/h2-4,6-15,20,33-34H,5,16-19,21-22H2,1H3,(H,37,38)/b25-20-,33-29?. The van der Waals surface area contributed by atoms with E-state index in [0.717, 1.165) is 42.0 Å². The number of nitrogens with zero attached hydrogens (tertiary/aromatic N) is 2. The zero-order chi connectivity index (χ0) is 28.8. The monoisotopic (exact) mass is 554 g/mol. The van der Waals surface area contributed by atoms with E-state index < -0.39 is 17.7 Å². The number of ether oxygens (including phenoxy) is 2. The molecular formula is C32H34N4O5. The number of rotatable bonds is 9. The smallest absolute Gasteiger partial charge is 0.415 e. The second kappa shape index (κ2) is 12.3. The summed E-state index contributed by atoms with van der Waals surface area (Å²) in [5.74, 6) is -0.265. The molecule has 2 fully saturated rings. The first kappa shape index (κ1) is 27.9. The highest BCUT2D eigenvalue weighted by atomic mass is 16.6. The zero-order valence-corrected chi connectivity index (χ0v) is 23.0. The van der Waals surface area contributed by atoms with E-state index in [2.05, 4.69) is 10.2 Å². The summed E-state index contributed by atoms with van der Waals surface area (Å²) in [5.41, 5.74) is 3.21. The van der Waals surface area contributed by atoms with Gasteiger partial charge in [-0.25, -0.2) is 9.59 Å². The van der Waals surface area contributed by atoms with Crippen molar-refractivity contribution < 1.29 is 24.2 Å². The first-order chi connectivity index (χ1) is 19.9. The van der Waals surface area contributed by atoms with Gasteiger partial charge in [-0.3, -0.25) is 15.2 Å². The highest BCUT2D eigenvalue weighted by Gasteiger charge is 2.46. The van der Waals surface area contributed by atoms with Crippen molar-refractivity contribution >= 4 is 29.1 Å². The summed E-state index contributed by atoms with van der Waals surface area (Å²) >= 11 is 0. The van der Waals surface area contributed by atoms with Crippen LogP contribution in [-0.4, -0.2) is 66.7 Å². The van der Waals surface area contributed by atoms with Crippen LogP contribution in [0.3, 0.4) is 0 Å². The molecule has 0 aliphatic carbocycles. The lowest BCUT2D eigenvalue weighted by Gasteiger charge is -2.26. The number of carbonyl (C=O) groups excluding carboxylic acids is 1. The Morgan fingerprint density at radius 3 is 2.41 bits per heavy atom. The van der Waals surface area contributed by atoms with Gasteiger partial charge in [-0.2, -0.15) is 0 Å². The minimum atomic E-state index is -1.01. The molecule has 1 atom stereocenters. The molecule has 2 heterocycles. The maximum atomic E-state index is 12.9. The van der Waals surface area contributed by atoms with Crippen molar-refractivity contribution in [3.8, 4) is 5.75 Å². The number of aromatic carboxylic acids is 1. The molecule has 1 amide bonds. The fourth-order valence-electron chi connectivity index (χ4n) is 5.33. The van der Waals surface area contributed by atoms with Gasteiger partial charge in [0.1, 0.15) is 11.4 Å². The SMILES string of the molecule is COc1ccc(C(=N)/C(=C\Nc2ccccc2)CN2CCCC3(CC2)CN(c2ccc(C(=O)O)cc2)C(=O)O3)cc1. The third-order valence-corrected chi connectivity index (χ3v) is 7.67. The average molecular weight is 555 g/mol. The molecule has 0 radical (unpaired) electrons. The van der Waals surface area contributed by atoms with Crippen LogP contribution in [0.25, 0.3) is 0 Å². The predicted octanol–water partition coefficient (Wildman–Crippen LogP) is 5.64. The van der Waals surface area contributed by atoms with Crippen molar-refractivity contribution in [3.05, 3.63) is 102 Å². The number of methoxy groups -OCH3 is 1. The van der Waals surface area contributed by atoms with Gasteiger partial charge in [0.15, 0.2) is 0 Å². The number of nitrogens with one attached hydrogen (secondary N) is 2. The van der Waals surface area contributed by atoms with E-state index in [-0.39, 0.29) is 5.56 Å². The summed E-state index contributed by atoms with van der Waals surface area (Å²) < 4.78 is 11.3. The van der Waals surface area contributed by atoms with Crippen molar-refractivity contribution in [2.24, 2.45) is 0 Å². The summed E-state index contributed by atoms with van der Waals surface area (Å²) in [6.45, 7) is 2.50. The number of likely N-dealkylation sites (tertiary alicyclic amines) is 1. The van der Waals surface area contributed by atoms with Crippen molar-refractivity contribution in [1.29, 1.82) is 5.41 Å². The third kappa shape index (κ3) is 6.58. The number of para-hydroxylation sites is 1. The van der Waals surface area contributed by atoms with Gasteiger partial charge in [0.25, 0.3) is 0 Å². The van der Waals surface area contributed by atoms with E-state index in [1.54, 1.807) is 24.1 Å². The Morgan fingerprint density at radius 1 is 1.02 bits per heavy atom. The average Bonchev–Trinajstić information content (AvgIpc) is 3.20. The lowest BCUT2D eigenvalue weighted by atomic mass is 9.94. The van der Waals surface area contributed by atoms with Crippen LogP contribution in [0.5, 0.6) is 5.75 Å². The molecule has 3 N–H and O–H groups in total. The van der Waals surface area contributed by atoms with Crippen LogP contribution in [-0.2, 0) is 4.74 Å². The van der Waals surface area contributed by atoms with Gasteiger partial charge in [-0.15, -0.1) is 0 Å². The van der Waals surface area contributed by atoms with E-state index in [0.29, 0.717) is 37.5 Å². The number of benzene rings is 3. The molecule has 0 saturated carbocycles. The molecule has 2 aliphatic heterocycles. The lowest BCUT2D eigenvalue weighted by molar-refractivity contribution is 0.0447. The molecule has 212 valence electrons. The minimum Gasteiger partial charge on any atom is -0.497 e. The molecule has 3 aromatic rings. The van der Waals surface area contributed by atoms with Crippen molar-refractivity contribution in [2.75, 3.05) is 43.5 Å². The molecule has 0 bridgehead atoms. The molecule has 2 saturated heterocycles. The number of anilines is 2. The molecule has 1 unspecified atom stereocenters. The van der Waals surface area contributed by atoms with Gasteiger partial charge >= 0.3 is 12.1 Å². The topological polar surface area (TPSA) is 115 Å². The quantitative estimate of drug-likeness (QED) is 0.293.